The van der Waals surface area contributed by atoms with E-state index in [4.69, 9.17) is 38.2 Å². The van der Waals surface area contributed by atoms with E-state index in [1.165, 1.54) is 7.11 Å². The van der Waals surface area contributed by atoms with Crippen molar-refractivity contribution < 1.29 is 53.3 Å². The molecule has 0 aromatic rings. The van der Waals surface area contributed by atoms with Gasteiger partial charge >= 0.3 is 5.97 Å². The molecule has 3 fully saturated rings. The third-order valence-corrected chi connectivity index (χ3v) is 11.5. The van der Waals surface area contributed by atoms with Crippen molar-refractivity contribution in [1.82, 2.24) is 4.90 Å². The number of aliphatic hydroxyl groups is 3. The molecule has 3 saturated heterocycles. The lowest BCUT2D eigenvalue weighted by molar-refractivity contribution is -0.317. The molecule has 2 unspecified atom stereocenters. The molecule has 0 amide bonds. The normalized spacial score (nSPS) is 48.8. The van der Waals surface area contributed by atoms with Crippen LogP contribution in [0.3, 0.4) is 0 Å². The highest BCUT2D eigenvalue weighted by Gasteiger charge is 2.53. The van der Waals surface area contributed by atoms with Crippen LogP contribution < -0.4 is 0 Å². The van der Waals surface area contributed by atoms with Crippen LogP contribution in [0.2, 0.25) is 0 Å². The first kappa shape index (κ1) is 40.4. The van der Waals surface area contributed by atoms with Crippen molar-refractivity contribution >= 4 is 11.9 Å². The first-order chi connectivity index (χ1) is 22.8. The Morgan fingerprint density at radius 1 is 1.02 bits per heavy atom. The van der Waals surface area contributed by atoms with Crippen molar-refractivity contribution in [2.75, 3.05) is 27.7 Å². The summed E-state index contributed by atoms with van der Waals surface area (Å²) in [6.45, 7) is 17.0. The Morgan fingerprint density at radius 3 is 2.31 bits per heavy atom. The van der Waals surface area contributed by atoms with Gasteiger partial charge in [-0.1, -0.05) is 20.8 Å². The number of ether oxygens (including phenoxy) is 7. The Balaban J connectivity index is 1.77. The van der Waals surface area contributed by atoms with Crippen LogP contribution >= 0.6 is 0 Å². The molecule has 13 nitrogen and oxygen atoms in total. The third-order valence-electron chi connectivity index (χ3n) is 11.5. The topological polar surface area (TPSA) is 158 Å². The summed E-state index contributed by atoms with van der Waals surface area (Å²) in [5.74, 6) is -1.44. The lowest BCUT2D eigenvalue weighted by atomic mass is 9.79. The molecule has 0 aromatic heterocycles. The molecular formula is C36H64N2O11. The Bertz CT molecular complexity index is 1150. The number of likely N-dealkylation sites (N-methyl/N-ethyl adjacent to an activating group) is 1. The standard InChI is InChI=1S/C36H64N2O11/c1-13-25-35(8)17-19(2)31(49-35)37-15-14-34(7,42)30(48-33-27(39)24(38(10)11)16-20(3)44-33)21(4)28(22(5)32(41)46-25)47-26-18-36(9,43-12)29(40)23(6)45-26/h19-30,33,39-40,42H,13-18H2,1-12H3/t19?,20-,21+,22-,23+,24+,25-,26+,27-,28+,29+,30-,33+,34+,35?,36-/m1/s1. The van der Waals surface area contributed by atoms with Crippen LogP contribution in [0.15, 0.2) is 4.99 Å². The van der Waals surface area contributed by atoms with Crippen molar-refractivity contribution in [3.63, 3.8) is 0 Å². The average molecular weight is 701 g/mol. The SMILES string of the molecule is CC[C@H]1OC(=O)[C@H](C)[C@@H](O[C@H]2C[C@@](C)(OC)[C@@H](O)[C@H](C)O2)[C@H](C)[C@@H](O[C@@H]2O[C@H](C)C[C@H](N(C)C)[C@H]2O)[C@@](C)(O)CCN=C2OC1(C)CC2C. The van der Waals surface area contributed by atoms with Crippen molar-refractivity contribution in [3.8, 4) is 0 Å². The zero-order valence-corrected chi connectivity index (χ0v) is 31.8. The molecule has 0 saturated carbocycles. The third kappa shape index (κ3) is 8.63. The minimum Gasteiger partial charge on any atom is -0.471 e. The number of carbonyl (C=O) groups excluding carboxylic acids is 1. The van der Waals surface area contributed by atoms with E-state index in [1.54, 1.807) is 27.7 Å². The van der Waals surface area contributed by atoms with E-state index in [2.05, 4.69) is 0 Å². The Kier molecular flexibility index (Phi) is 12.9. The zero-order chi connectivity index (χ0) is 36.6. The van der Waals surface area contributed by atoms with E-state index in [9.17, 15) is 20.1 Å². The number of fused-ring (bicyclic) bond motifs is 2. The number of methoxy groups -OCH3 is 1. The number of esters is 1. The van der Waals surface area contributed by atoms with Gasteiger partial charge in [0.1, 0.15) is 23.9 Å². The number of aliphatic hydroxyl groups excluding tert-OH is 2. The monoisotopic (exact) mass is 700 g/mol. The van der Waals surface area contributed by atoms with Gasteiger partial charge in [-0.3, -0.25) is 9.79 Å². The van der Waals surface area contributed by atoms with Crippen molar-refractivity contribution in [2.45, 2.75) is 173 Å². The molecule has 13 heteroatoms. The summed E-state index contributed by atoms with van der Waals surface area (Å²) >= 11 is 0. The summed E-state index contributed by atoms with van der Waals surface area (Å²) in [7, 11) is 5.33. The van der Waals surface area contributed by atoms with Crippen molar-refractivity contribution in [1.29, 1.82) is 0 Å². The minimum atomic E-state index is -1.52. The first-order valence-corrected chi connectivity index (χ1v) is 18.1. The molecule has 0 aliphatic carbocycles. The summed E-state index contributed by atoms with van der Waals surface area (Å²) in [5.41, 5.74) is -3.26. The van der Waals surface area contributed by atoms with E-state index < -0.39 is 83.8 Å². The number of nitrogens with zero attached hydrogens (tertiary/aromatic N) is 2. The van der Waals surface area contributed by atoms with Gasteiger partial charge in [-0.05, 0) is 74.9 Å². The van der Waals surface area contributed by atoms with Gasteiger partial charge in [0.15, 0.2) is 18.5 Å². The van der Waals surface area contributed by atoms with Crippen LogP contribution in [0, 0.1) is 17.8 Å². The summed E-state index contributed by atoms with van der Waals surface area (Å²) in [6, 6.07) is -0.239. The second-order valence-corrected chi connectivity index (χ2v) is 16.0. The maximum atomic E-state index is 14.2. The molecule has 2 bridgehead atoms. The van der Waals surface area contributed by atoms with Crippen LogP contribution in [0.4, 0.5) is 0 Å². The smallest absolute Gasteiger partial charge is 0.311 e. The molecule has 49 heavy (non-hydrogen) atoms. The van der Waals surface area contributed by atoms with E-state index in [0.717, 1.165) is 0 Å². The molecule has 0 aromatic carbocycles. The lowest BCUT2D eigenvalue weighted by Crippen LogP contribution is -2.60. The van der Waals surface area contributed by atoms with Gasteiger partial charge in [-0.25, -0.2) is 0 Å². The van der Waals surface area contributed by atoms with E-state index >= 15 is 0 Å². The molecule has 4 rings (SSSR count). The summed E-state index contributed by atoms with van der Waals surface area (Å²) in [5, 5.41) is 34.6. The fourth-order valence-corrected chi connectivity index (χ4v) is 8.29. The largest absolute Gasteiger partial charge is 0.471 e. The zero-order valence-electron chi connectivity index (χ0n) is 31.8. The summed E-state index contributed by atoms with van der Waals surface area (Å²) in [6.07, 6.45) is -4.99. The minimum absolute atomic E-state index is 0.00145. The van der Waals surface area contributed by atoms with Gasteiger partial charge in [0, 0.05) is 44.4 Å². The van der Waals surface area contributed by atoms with Gasteiger partial charge in [-0.2, -0.15) is 0 Å². The molecule has 0 spiro atoms. The molecule has 3 N–H and O–H groups in total. The maximum Gasteiger partial charge on any atom is 0.311 e. The lowest BCUT2D eigenvalue weighted by Gasteiger charge is -2.48. The maximum absolute atomic E-state index is 14.2. The summed E-state index contributed by atoms with van der Waals surface area (Å²) in [4.78, 5) is 20.9. The Morgan fingerprint density at radius 2 is 1.69 bits per heavy atom. The highest BCUT2D eigenvalue weighted by molar-refractivity contribution is 5.81. The predicted octanol–water partition coefficient (Wildman–Crippen LogP) is 3.05. The van der Waals surface area contributed by atoms with Crippen LogP contribution in [-0.2, 0) is 38.0 Å². The van der Waals surface area contributed by atoms with Gasteiger partial charge in [0.05, 0.1) is 41.5 Å². The first-order valence-electron chi connectivity index (χ1n) is 18.1. The number of carbonyl (C=O) groups is 1. The fraction of sp³-hybridized carbons (Fsp3) is 0.944. The number of cyclic esters (lactones) is 1. The van der Waals surface area contributed by atoms with Gasteiger partial charge in [-0.15, -0.1) is 0 Å². The fourth-order valence-electron chi connectivity index (χ4n) is 8.29. The molecule has 16 atom stereocenters. The quantitative estimate of drug-likeness (QED) is 0.334. The van der Waals surface area contributed by atoms with Gasteiger partial charge in [0.25, 0.3) is 0 Å². The summed E-state index contributed by atoms with van der Waals surface area (Å²) < 4.78 is 44.1. The van der Waals surface area contributed by atoms with Crippen LogP contribution in [0.1, 0.15) is 94.4 Å². The Labute approximate surface area is 292 Å². The van der Waals surface area contributed by atoms with Crippen LogP contribution in [0.25, 0.3) is 0 Å². The van der Waals surface area contributed by atoms with Gasteiger partial charge < -0.3 is 53.4 Å². The Hall–Kier alpha value is -1.42. The number of hydrogen-bond donors (Lipinski definition) is 3. The molecule has 4 aliphatic heterocycles. The number of aliphatic imine (C=N–C) groups is 1. The van der Waals surface area contributed by atoms with Crippen LogP contribution in [-0.4, -0.2) is 138 Å². The van der Waals surface area contributed by atoms with Crippen molar-refractivity contribution in [2.24, 2.45) is 22.7 Å². The molecule has 4 aliphatic rings. The molecule has 0 radical (unpaired) electrons. The van der Waals surface area contributed by atoms with E-state index in [-0.39, 0.29) is 37.5 Å². The molecular weight excluding hydrogens is 636 g/mol. The second kappa shape index (κ2) is 15.7. The number of hydrogen-bond acceptors (Lipinski definition) is 13. The van der Waals surface area contributed by atoms with E-state index in [0.29, 0.717) is 25.2 Å². The van der Waals surface area contributed by atoms with Crippen molar-refractivity contribution in [3.05, 3.63) is 0 Å². The second-order valence-electron chi connectivity index (χ2n) is 16.0. The highest BCUT2D eigenvalue weighted by atomic mass is 16.7. The average Bonchev–Trinajstić information content (AvgIpc) is 3.32. The number of rotatable bonds is 7. The van der Waals surface area contributed by atoms with Gasteiger partial charge in [0.2, 0.25) is 0 Å². The molecule has 4 heterocycles. The van der Waals surface area contributed by atoms with Crippen LogP contribution in [0.5, 0.6) is 0 Å². The predicted molar refractivity (Wildman–Crippen MR) is 182 cm³/mol. The molecule has 284 valence electrons. The highest BCUT2D eigenvalue weighted by Crippen LogP contribution is 2.41. The van der Waals surface area contributed by atoms with E-state index in [1.807, 2.05) is 53.6 Å².